The smallest absolute Gasteiger partial charge is 0.231 e. The Kier molecular flexibility index (Phi) is 5.18. The molecule has 2 aromatic carbocycles. The molecule has 0 amide bonds. The normalized spacial score (nSPS) is 12.9. The Morgan fingerprint density at radius 3 is 2.70 bits per heavy atom. The number of hydrogen-bond donors (Lipinski definition) is 1. The van der Waals surface area contributed by atoms with Gasteiger partial charge >= 0.3 is 0 Å². The lowest BCUT2D eigenvalue weighted by Gasteiger charge is -2.16. The summed E-state index contributed by atoms with van der Waals surface area (Å²) in [6, 6.07) is 13.0. The molecule has 0 atom stereocenters. The molecule has 6 rings (SSSR count). The van der Waals surface area contributed by atoms with Crippen LogP contribution in [0.5, 0.6) is 23.0 Å². The van der Waals surface area contributed by atoms with Crippen molar-refractivity contribution < 1.29 is 33.8 Å². The second-order valence-corrected chi connectivity index (χ2v) is 7.61. The molecule has 166 valence electrons. The highest BCUT2D eigenvalue weighted by Gasteiger charge is 2.28. The number of aromatic nitrogens is 2. The van der Waals surface area contributed by atoms with Gasteiger partial charge < -0.3 is 29.2 Å². The van der Waals surface area contributed by atoms with Crippen LogP contribution >= 0.6 is 0 Å². The van der Waals surface area contributed by atoms with Crippen molar-refractivity contribution in [2.24, 2.45) is 0 Å². The van der Waals surface area contributed by atoms with Crippen LogP contribution in [0.4, 0.5) is 0 Å². The first-order valence-corrected chi connectivity index (χ1v) is 10.3. The number of carboxylic acids is 1. The summed E-state index contributed by atoms with van der Waals surface area (Å²) < 4.78 is 18.4. The van der Waals surface area contributed by atoms with Crippen LogP contribution in [0.25, 0.3) is 22.0 Å². The van der Waals surface area contributed by atoms with Crippen LogP contribution in [-0.2, 0) is 13.0 Å². The molecule has 2 aliphatic heterocycles. The monoisotopic (exact) mass is 444 g/mol. The van der Waals surface area contributed by atoms with Gasteiger partial charge in [0.15, 0.2) is 35.7 Å². The Bertz CT molecular complexity index is 1370. The minimum atomic E-state index is -1.19. The molecule has 33 heavy (non-hydrogen) atoms. The van der Waals surface area contributed by atoms with Crippen molar-refractivity contribution in [3.05, 3.63) is 72.2 Å². The second-order valence-electron chi connectivity index (χ2n) is 7.61. The number of rotatable bonds is 2. The number of phenols is 1. The van der Waals surface area contributed by atoms with Crippen molar-refractivity contribution in [3.8, 4) is 34.3 Å². The van der Waals surface area contributed by atoms with E-state index in [9.17, 15) is 15.0 Å². The van der Waals surface area contributed by atoms with E-state index >= 15 is 0 Å². The van der Waals surface area contributed by atoms with Crippen molar-refractivity contribution >= 4 is 16.7 Å². The number of carbonyl (C=O) groups excluding carboxylic acids is 1. The molecule has 0 radical (unpaired) electrons. The van der Waals surface area contributed by atoms with Crippen molar-refractivity contribution in [2.75, 3.05) is 13.9 Å². The predicted molar refractivity (Wildman–Crippen MR) is 116 cm³/mol. The van der Waals surface area contributed by atoms with Crippen LogP contribution in [0, 0.1) is 0 Å². The van der Waals surface area contributed by atoms with Crippen molar-refractivity contribution in [2.45, 2.75) is 13.0 Å². The maximum Gasteiger partial charge on any atom is 0.231 e. The van der Waals surface area contributed by atoms with Gasteiger partial charge in [-0.25, -0.2) is 0 Å². The maximum atomic E-state index is 10.4. The molecule has 0 saturated carbocycles. The molecule has 2 aliphatic rings. The third-order valence-electron chi connectivity index (χ3n) is 5.71. The average molecular weight is 444 g/mol. The number of nitrogens with zero attached hydrogens (tertiary/aromatic N) is 2. The molecule has 4 heterocycles. The van der Waals surface area contributed by atoms with Gasteiger partial charge in [-0.3, -0.25) is 4.98 Å². The second kappa shape index (κ2) is 8.31. The number of pyridine rings is 2. The summed E-state index contributed by atoms with van der Waals surface area (Å²) in [6.45, 7) is 1.14. The fraction of sp³-hybridized carbons (Fsp3) is 0.160. The van der Waals surface area contributed by atoms with Gasteiger partial charge in [0.2, 0.25) is 12.5 Å². The number of methoxy groups -OCH3 is 1. The van der Waals surface area contributed by atoms with Crippen molar-refractivity contribution in [1.29, 1.82) is 0 Å². The number of carbonyl (C=O) groups is 1. The van der Waals surface area contributed by atoms with Gasteiger partial charge in [0.05, 0.1) is 24.0 Å². The van der Waals surface area contributed by atoms with Crippen molar-refractivity contribution in [3.63, 3.8) is 0 Å². The van der Waals surface area contributed by atoms with Gasteiger partial charge in [-0.2, -0.15) is 4.57 Å². The first kappa shape index (κ1) is 20.6. The zero-order valence-corrected chi connectivity index (χ0v) is 17.8. The summed E-state index contributed by atoms with van der Waals surface area (Å²) in [5, 5.41) is 22.2. The molecule has 0 aliphatic carbocycles. The lowest BCUT2D eigenvalue weighted by atomic mass is 9.95. The lowest BCUT2D eigenvalue weighted by molar-refractivity contribution is -0.686. The van der Waals surface area contributed by atoms with Gasteiger partial charge in [0, 0.05) is 30.4 Å². The Hall–Kier alpha value is -4.33. The zero-order valence-electron chi connectivity index (χ0n) is 17.8. The molecule has 0 spiro atoms. The molecule has 4 aromatic rings. The summed E-state index contributed by atoms with van der Waals surface area (Å²) in [7, 11) is 1.56. The van der Waals surface area contributed by atoms with Gasteiger partial charge in [0.25, 0.3) is 0 Å². The van der Waals surface area contributed by atoms with E-state index in [0.717, 1.165) is 46.5 Å². The molecule has 0 bridgehead atoms. The van der Waals surface area contributed by atoms with Crippen LogP contribution in [0.15, 0.2) is 61.1 Å². The molecule has 8 heteroatoms. The van der Waals surface area contributed by atoms with E-state index in [1.807, 2.05) is 12.3 Å². The van der Waals surface area contributed by atoms with E-state index in [1.165, 1.54) is 24.0 Å². The molecule has 0 unspecified atom stereocenters. The van der Waals surface area contributed by atoms with Gasteiger partial charge in [-0.1, -0.05) is 6.07 Å². The van der Waals surface area contributed by atoms with E-state index < -0.39 is 5.97 Å². The fourth-order valence-corrected chi connectivity index (χ4v) is 4.06. The number of aromatic hydroxyl groups is 1. The van der Waals surface area contributed by atoms with Crippen LogP contribution in [0.3, 0.4) is 0 Å². The lowest BCUT2D eigenvalue weighted by Crippen LogP contribution is -2.39. The average Bonchev–Trinajstić information content (AvgIpc) is 3.30. The van der Waals surface area contributed by atoms with Crippen LogP contribution in [-0.4, -0.2) is 30.0 Å². The summed E-state index contributed by atoms with van der Waals surface area (Å²) >= 11 is 0. The first-order valence-electron chi connectivity index (χ1n) is 10.3. The third kappa shape index (κ3) is 3.76. The summed E-state index contributed by atoms with van der Waals surface area (Å²) in [5.41, 5.74) is 3.64. The highest BCUT2D eigenvalue weighted by molar-refractivity contribution is 5.91. The highest BCUT2D eigenvalue weighted by Crippen LogP contribution is 2.41. The molecule has 2 aromatic heterocycles. The first-order chi connectivity index (χ1) is 16.0. The molecule has 0 saturated heterocycles. The topological polar surface area (TPSA) is 105 Å². The summed E-state index contributed by atoms with van der Waals surface area (Å²) in [6.07, 6.45) is 5.66. The van der Waals surface area contributed by atoms with E-state index in [0.29, 0.717) is 5.75 Å². The molecule has 8 nitrogen and oxygen atoms in total. The Morgan fingerprint density at radius 2 is 2.00 bits per heavy atom. The van der Waals surface area contributed by atoms with E-state index in [-0.39, 0.29) is 18.1 Å². The molecular formula is C25H20N2O6. The summed E-state index contributed by atoms with van der Waals surface area (Å²) in [5.74, 6) is 1.10. The van der Waals surface area contributed by atoms with E-state index in [4.69, 9.17) is 14.2 Å². The molecule has 0 fully saturated rings. The predicted octanol–water partition coefficient (Wildman–Crippen LogP) is 2.24. The number of ether oxygens (including phenoxy) is 3. The SMILES string of the molecule is COc1ccc2cc3[n+](cc2c1O)CCc1cc2c(cc1-3)OCO2.O=C([O-])c1cccnc1. The van der Waals surface area contributed by atoms with Crippen LogP contribution in [0.1, 0.15) is 15.9 Å². The largest absolute Gasteiger partial charge is 0.545 e. The van der Waals surface area contributed by atoms with Gasteiger partial charge in [-0.05, 0) is 41.3 Å². The minimum Gasteiger partial charge on any atom is -0.545 e. The fourth-order valence-electron chi connectivity index (χ4n) is 4.06. The standard InChI is InChI=1S/C19H15NO4.C6H5NO2/c1-22-16-3-2-11-6-15-13-8-18-17(23-10-24-18)7-12(13)4-5-20(15)9-14(11)19(16)21;8-6(9)5-2-1-3-7-4-5/h2-3,6-9H,4-5,10H2,1H3;1-4H,(H,8,9). The number of aromatic carboxylic acids is 1. The third-order valence-corrected chi connectivity index (χ3v) is 5.71. The van der Waals surface area contributed by atoms with E-state index in [2.05, 4.69) is 27.8 Å². The number of hydrogen-bond acceptors (Lipinski definition) is 7. The van der Waals surface area contributed by atoms with E-state index in [1.54, 1.807) is 19.2 Å². The number of fused-ring (bicyclic) bond motifs is 5. The Morgan fingerprint density at radius 1 is 1.18 bits per heavy atom. The number of aryl methyl sites for hydroxylation is 2. The van der Waals surface area contributed by atoms with Crippen LogP contribution < -0.4 is 23.9 Å². The Balaban J connectivity index is 0.000000215. The zero-order chi connectivity index (χ0) is 22.9. The van der Waals surface area contributed by atoms with Crippen molar-refractivity contribution in [1.82, 2.24) is 4.98 Å². The quantitative estimate of drug-likeness (QED) is 0.473. The van der Waals surface area contributed by atoms with Gasteiger partial charge in [-0.15, -0.1) is 0 Å². The van der Waals surface area contributed by atoms with Crippen LogP contribution in [0.2, 0.25) is 0 Å². The number of benzene rings is 2. The number of carboxylic acid groups (broad SMARTS) is 1. The number of phenolic OH excluding ortho intramolecular Hbond substituents is 1. The highest BCUT2D eigenvalue weighted by atomic mass is 16.7. The van der Waals surface area contributed by atoms with Gasteiger partial charge in [0.1, 0.15) is 0 Å². The maximum absolute atomic E-state index is 10.4. The molecule has 1 N–H and O–H groups in total. The minimum absolute atomic E-state index is 0.109. The molecular weight excluding hydrogens is 424 g/mol. The summed E-state index contributed by atoms with van der Waals surface area (Å²) in [4.78, 5) is 13.6. The Labute approximate surface area is 189 Å².